The molecule has 0 saturated carbocycles. The third kappa shape index (κ3) is 2.40. The standard InChI is InChI=1S/C17H16ClF/c1-11-5-8-15(16(19)9-11)17(18)14-7-6-12-3-2-4-13(12)10-14/h5-10,17H,2-4H2,1H3. The SMILES string of the molecule is Cc1ccc(C(Cl)c2ccc3c(c2)CCC3)c(F)c1. The van der Waals surface area contributed by atoms with Gasteiger partial charge in [-0.05, 0) is 54.5 Å². The van der Waals surface area contributed by atoms with Gasteiger partial charge in [-0.15, -0.1) is 11.6 Å². The molecule has 2 heteroatoms. The van der Waals surface area contributed by atoms with Gasteiger partial charge < -0.3 is 0 Å². The molecule has 1 unspecified atom stereocenters. The summed E-state index contributed by atoms with van der Waals surface area (Å²) in [6.45, 7) is 1.88. The van der Waals surface area contributed by atoms with E-state index < -0.39 is 5.38 Å². The maximum absolute atomic E-state index is 14.0. The van der Waals surface area contributed by atoms with Crippen LogP contribution in [0.5, 0.6) is 0 Å². The van der Waals surface area contributed by atoms with Gasteiger partial charge in [0, 0.05) is 5.56 Å². The van der Waals surface area contributed by atoms with Crippen molar-refractivity contribution < 1.29 is 4.39 Å². The first-order valence-electron chi connectivity index (χ1n) is 6.67. The Hall–Kier alpha value is -1.34. The van der Waals surface area contributed by atoms with Gasteiger partial charge in [0.2, 0.25) is 0 Å². The lowest BCUT2D eigenvalue weighted by Crippen LogP contribution is -1.98. The Morgan fingerprint density at radius 2 is 1.84 bits per heavy atom. The lowest BCUT2D eigenvalue weighted by molar-refractivity contribution is 0.611. The zero-order valence-electron chi connectivity index (χ0n) is 10.9. The Labute approximate surface area is 118 Å². The van der Waals surface area contributed by atoms with Crippen molar-refractivity contribution in [2.24, 2.45) is 0 Å². The fourth-order valence-electron chi connectivity index (χ4n) is 2.77. The van der Waals surface area contributed by atoms with E-state index in [4.69, 9.17) is 11.6 Å². The summed E-state index contributed by atoms with van der Waals surface area (Å²) >= 11 is 6.45. The van der Waals surface area contributed by atoms with E-state index in [1.165, 1.54) is 23.6 Å². The van der Waals surface area contributed by atoms with Gasteiger partial charge in [0.25, 0.3) is 0 Å². The number of aryl methyl sites for hydroxylation is 3. The molecule has 2 aromatic carbocycles. The highest BCUT2D eigenvalue weighted by atomic mass is 35.5. The average molecular weight is 275 g/mol. The lowest BCUT2D eigenvalue weighted by atomic mass is 9.99. The average Bonchev–Trinajstić information content (AvgIpc) is 2.85. The fraction of sp³-hybridized carbons (Fsp3) is 0.294. The molecule has 1 aliphatic carbocycles. The Balaban J connectivity index is 1.97. The molecule has 98 valence electrons. The minimum Gasteiger partial charge on any atom is -0.207 e. The molecule has 0 amide bonds. The van der Waals surface area contributed by atoms with Crippen LogP contribution in [-0.4, -0.2) is 0 Å². The predicted molar refractivity (Wildman–Crippen MR) is 77.3 cm³/mol. The Bertz CT molecular complexity index is 619. The van der Waals surface area contributed by atoms with Crippen molar-refractivity contribution in [2.45, 2.75) is 31.6 Å². The molecule has 1 aliphatic rings. The van der Waals surface area contributed by atoms with Crippen molar-refractivity contribution in [3.63, 3.8) is 0 Å². The molecule has 0 radical (unpaired) electrons. The second kappa shape index (κ2) is 4.97. The van der Waals surface area contributed by atoms with E-state index >= 15 is 0 Å². The molecule has 0 bridgehead atoms. The molecule has 0 N–H and O–H groups in total. The van der Waals surface area contributed by atoms with Gasteiger partial charge in [0.05, 0.1) is 5.38 Å². The molecule has 2 aromatic rings. The molecular weight excluding hydrogens is 259 g/mol. The van der Waals surface area contributed by atoms with Gasteiger partial charge in [-0.3, -0.25) is 0 Å². The highest BCUT2D eigenvalue weighted by Crippen LogP contribution is 2.33. The van der Waals surface area contributed by atoms with E-state index in [0.29, 0.717) is 5.56 Å². The molecule has 0 aromatic heterocycles. The van der Waals surface area contributed by atoms with Crippen LogP contribution >= 0.6 is 11.6 Å². The van der Waals surface area contributed by atoms with Crippen molar-refractivity contribution in [1.29, 1.82) is 0 Å². The van der Waals surface area contributed by atoms with Crippen molar-refractivity contribution in [1.82, 2.24) is 0 Å². The third-order valence-corrected chi connectivity index (χ3v) is 4.33. The summed E-state index contributed by atoms with van der Waals surface area (Å²) in [5, 5.41) is -0.411. The van der Waals surface area contributed by atoms with Crippen LogP contribution in [0.1, 0.15) is 39.6 Å². The summed E-state index contributed by atoms with van der Waals surface area (Å²) in [4.78, 5) is 0. The Kier molecular flexibility index (Phi) is 3.32. The van der Waals surface area contributed by atoms with Crippen molar-refractivity contribution in [2.75, 3.05) is 0 Å². The minimum atomic E-state index is -0.411. The second-order valence-electron chi connectivity index (χ2n) is 5.27. The lowest BCUT2D eigenvalue weighted by Gasteiger charge is -2.13. The number of rotatable bonds is 2. The summed E-state index contributed by atoms with van der Waals surface area (Å²) in [7, 11) is 0. The van der Waals surface area contributed by atoms with Crippen molar-refractivity contribution >= 4 is 11.6 Å². The first-order chi connectivity index (χ1) is 9.15. The molecular formula is C17H16ClF. The largest absolute Gasteiger partial charge is 0.207 e. The zero-order chi connectivity index (χ0) is 13.4. The molecule has 0 nitrogen and oxygen atoms in total. The van der Waals surface area contributed by atoms with Crippen molar-refractivity contribution in [3.05, 3.63) is 70.0 Å². The topological polar surface area (TPSA) is 0 Å². The second-order valence-corrected chi connectivity index (χ2v) is 5.71. The first-order valence-corrected chi connectivity index (χ1v) is 7.10. The van der Waals surface area contributed by atoms with Gasteiger partial charge in [-0.1, -0.05) is 30.3 Å². The molecule has 0 saturated heterocycles. The van der Waals surface area contributed by atoms with E-state index in [1.807, 2.05) is 19.1 Å². The zero-order valence-corrected chi connectivity index (χ0v) is 11.7. The predicted octanol–water partition coefficient (Wildman–Crippen LogP) is 4.95. The van der Waals surface area contributed by atoms with Gasteiger partial charge in [-0.25, -0.2) is 4.39 Å². The van der Waals surface area contributed by atoms with Gasteiger partial charge >= 0.3 is 0 Å². The van der Waals surface area contributed by atoms with E-state index in [9.17, 15) is 4.39 Å². The summed E-state index contributed by atoms with van der Waals surface area (Å²) in [5.74, 6) is -0.222. The smallest absolute Gasteiger partial charge is 0.128 e. The molecule has 19 heavy (non-hydrogen) atoms. The molecule has 1 atom stereocenters. The molecule has 0 spiro atoms. The molecule has 0 heterocycles. The monoisotopic (exact) mass is 274 g/mol. The Morgan fingerprint density at radius 1 is 1.05 bits per heavy atom. The summed E-state index contributed by atoms with van der Waals surface area (Å²) in [6.07, 6.45) is 3.48. The number of benzene rings is 2. The van der Waals surface area contributed by atoms with Gasteiger partial charge in [0.15, 0.2) is 0 Å². The quantitative estimate of drug-likeness (QED) is 0.680. The normalized spacial score (nSPS) is 15.3. The van der Waals surface area contributed by atoms with Crippen LogP contribution in [-0.2, 0) is 12.8 Å². The summed E-state index contributed by atoms with van der Waals surface area (Å²) in [6, 6.07) is 11.5. The van der Waals surface area contributed by atoms with Crippen LogP contribution in [0.15, 0.2) is 36.4 Å². The van der Waals surface area contributed by atoms with Gasteiger partial charge in [-0.2, -0.15) is 0 Å². The van der Waals surface area contributed by atoms with Crippen LogP contribution in [0.25, 0.3) is 0 Å². The van der Waals surface area contributed by atoms with Crippen LogP contribution in [0.3, 0.4) is 0 Å². The Morgan fingerprint density at radius 3 is 2.63 bits per heavy atom. The molecule has 3 rings (SSSR count). The number of hydrogen-bond acceptors (Lipinski definition) is 0. The maximum Gasteiger partial charge on any atom is 0.128 e. The summed E-state index contributed by atoms with van der Waals surface area (Å²) < 4.78 is 14.0. The van der Waals surface area contributed by atoms with Crippen LogP contribution in [0.2, 0.25) is 0 Å². The van der Waals surface area contributed by atoms with E-state index in [-0.39, 0.29) is 5.82 Å². The number of alkyl halides is 1. The van der Waals surface area contributed by atoms with Crippen molar-refractivity contribution in [3.8, 4) is 0 Å². The first kappa shape index (κ1) is 12.7. The van der Waals surface area contributed by atoms with E-state index in [1.54, 1.807) is 6.07 Å². The number of fused-ring (bicyclic) bond motifs is 1. The summed E-state index contributed by atoms with van der Waals surface area (Å²) in [5.41, 5.74) is 5.25. The minimum absolute atomic E-state index is 0.222. The van der Waals surface area contributed by atoms with E-state index in [0.717, 1.165) is 24.0 Å². The van der Waals surface area contributed by atoms with E-state index in [2.05, 4.69) is 12.1 Å². The number of halogens is 2. The number of hydrogen-bond donors (Lipinski definition) is 0. The van der Waals surface area contributed by atoms with Crippen LogP contribution in [0, 0.1) is 12.7 Å². The third-order valence-electron chi connectivity index (χ3n) is 3.84. The maximum atomic E-state index is 14.0. The highest BCUT2D eigenvalue weighted by Gasteiger charge is 2.18. The fourth-order valence-corrected chi connectivity index (χ4v) is 3.08. The van der Waals surface area contributed by atoms with Crippen LogP contribution in [0.4, 0.5) is 4.39 Å². The van der Waals surface area contributed by atoms with Crippen LogP contribution < -0.4 is 0 Å². The highest BCUT2D eigenvalue weighted by molar-refractivity contribution is 6.22. The molecule has 0 aliphatic heterocycles. The molecule has 0 fully saturated rings. The van der Waals surface area contributed by atoms with Gasteiger partial charge in [0.1, 0.15) is 5.82 Å².